The number of carboxylic acids is 1. The lowest BCUT2D eigenvalue weighted by molar-refractivity contribution is -0.131. The van der Waals surface area contributed by atoms with Gasteiger partial charge in [0.15, 0.2) is 0 Å². The van der Waals surface area contributed by atoms with Crippen LogP contribution in [0.25, 0.3) is 6.08 Å². The summed E-state index contributed by atoms with van der Waals surface area (Å²) >= 11 is 0. The monoisotopic (exact) mass is 231 g/mol. The Balaban J connectivity index is 2.98. The van der Waals surface area contributed by atoms with E-state index >= 15 is 0 Å². The van der Waals surface area contributed by atoms with Crippen LogP contribution in [0.15, 0.2) is 42.5 Å². The molecule has 0 aliphatic rings. The minimum Gasteiger partial charge on any atom is -0.478 e. The molecule has 0 aliphatic heterocycles. The van der Waals surface area contributed by atoms with E-state index in [4.69, 9.17) is 5.11 Å². The fourth-order valence-electron chi connectivity index (χ4n) is 1.63. The molecule has 0 saturated heterocycles. The van der Waals surface area contributed by atoms with Crippen molar-refractivity contribution in [2.24, 2.45) is 0 Å². The van der Waals surface area contributed by atoms with Crippen LogP contribution in [-0.2, 0) is 4.79 Å². The predicted molar refractivity (Wildman–Crippen MR) is 71.2 cm³/mol. The van der Waals surface area contributed by atoms with Crippen molar-refractivity contribution in [1.82, 2.24) is 0 Å². The van der Waals surface area contributed by atoms with Gasteiger partial charge in [0.1, 0.15) is 0 Å². The van der Waals surface area contributed by atoms with E-state index in [1.807, 2.05) is 43.1 Å². The third kappa shape index (κ3) is 4.15. The molecule has 0 aromatic heterocycles. The number of carboxylic acid groups (broad SMARTS) is 1. The standard InChI is InChI=1S/C14H17NO2/c1-11(2)10-15(3)13-7-5-4-6-12(13)8-9-14(16)17/h4-9H,1,10H2,2-3H3,(H,16,17)/b9-8+. The van der Waals surface area contributed by atoms with Crippen LogP contribution >= 0.6 is 0 Å². The molecule has 17 heavy (non-hydrogen) atoms. The Bertz CT molecular complexity index is 449. The molecule has 1 aromatic carbocycles. The average molecular weight is 231 g/mol. The van der Waals surface area contributed by atoms with Crippen LogP contribution in [0, 0.1) is 0 Å². The molecule has 0 bridgehead atoms. The highest BCUT2D eigenvalue weighted by molar-refractivity contribution is 5.87. The molecule has 1 rings (SSSR count). The van der Waals surface area contributed by atoms with E-state index in [-0.39, 0.29) is 0 Å². The van der Waals surface area contributed by atoms with Gasteiger partial charge in [-0.15, -0.1) is 0 Å². The third-order valence-corrected chi connectivity index (χ3v) is 2.26. The van der Waals surface area contributed by atoms with E-state index in [0.29, 0.717) is 0 Å². The van der Waals surface area contributed by atoms with Gasteiger partial charge in [0.05, 0.1) is 0 Å². The van der Waals surface area contributed by atoms with Crippen molar-refractivity contribution >= 4 is 17.7 Å². The fraction of sp³-hybridized carbons (Fsp3) is 0.214. The lowest BCUT2D eigenvalue weighted by Gasteiger charge is -2.21. The van der Waals surface area contributed by atoms with Crippen LogP contribution in [0.5, 0.6) is 0 Å². The van der Waals surface area contributed by atoms with Gasteiger partial charge in [0.25, 0.3) is 0 Å². The van der Waals surface area contributed by atoms with Gasteiger partial charge in [0, 0.05) is 25.4 Å². The first-order chi connectivity index (χ1) is 8.00. The zero-order valence-corrected chi connectivity index (χ0v) is 10.2. The first kappa shape index (κ1) is 13.0. The highest BCUT2D eigenvalue weighted by Gasteiger charge is 2.04. The molecule has 3 heteroatoms. The molecule has 3 nitrogen and oxygen atoms in total. The van der Waals surface area contributed by atoms with Crippen LogP contribution in [0.3, 0.4) is 0 Å². The molecule has 1 N–H and O–H groups in total. The number of benzene rings is 1. The quantitative estimate of drug-likeness (QED) is 0.625. The molecule has 0 spiro atoms. The largest absolute Gasteiger partial charge is 0.478 e. The van der Waals surface area contributed by atoms with Gasteiger partial charge < -0.3 is 10.0 Å². The SMILES string of the molecule is C=C(C)CN(C)c1ccccc1/C=C/C(=O)O. The number of hydrogen-bond acceptors (Lipinski definition) is 2. The second-order valence-electron chi connectivity index (χ2n) is 4.04. The van der Waals surface area contributed by atoms with Crippen LogP contribution < -0.4 is 4.90 Å². The van der Waals surface area contributed by atoms with Crippen molar-refractivity contribution in [1.29, 1.82) is 0 Å². The number of hydrogen-bond donors (Lipinski definition) is 1. The number of aliphatic carboxylic acids is 1. The summed E-state index contributed by atoms with van der Waals surface area (Å²) in [7, 11) is 1.96. The first-order valence-electron chi connectivity index (χ1n) is 5.36. The van der Waals surface area contributed by atoms with Crippen LogP contribution in [-0.4, -0.2) is 24.7 Å². The Morgan fingerprint density at radius 1 is 1.47 bits per heavy atom. The maximum atomic E-state index is 10.5. The molecule has 0 amide bonds. The zero-order valence-electron chi connectivity index (χ0n) is 10.2. The van der Waals surface area contributed by atoms with Crippen molar-refractivity contribution in [2.75, 3.05) is 18.5 Å². The lowest BCUT2D eigenvalue weighted by Crippen LogP contribution is -2.19. The highest BCUT2D eigenvalue weighted by Crippen LogP contribution is 2.21. The molecule has 0 unspecified atom stereocenters. The van der Waals surface area contributed by atoms with Gasteiger partial charge >= 0.3 is 5.97 Å². The van der Waals surface area contributed by atoms with Crippen LogP contribution in [0.2, 0.25) is 0 Å². The average Bonchev–Trinajstić information content (AvgIpc) is 2.25. The maximum Gasteiger partial charge on any atom is 0.328 e. The number of rotatable bonds is 5. The molecule has 0 atom stereocenters. The molecule has 1 aromatic rings. The zero-order chi connectivity index (χ0) is 12.8. The topological polar surface area (TPSA) is 40.5 Å². The Kier molecular flexibility index (Phi) is 4.52. The smallest absolute Gasteiger partial charge is 0.328 e. The molecular weight excluding hydrogens is 214 g/mol. The number of carbonyl (C=O) groups is 1. The van der Waals surface area contributed by atoms with Crippen molar-refractivity contribution in [2.45, 2.75) is 6.92 Å². The molecule has 0 aliphatic carbocycles. The van der Waals surface area contributed by atoms with E-state index in [9.17, 15) is 4.79 Å². The van der Waals surface area contributed by atoms with E-state index in [2.05, 4.69) is 6.58 Å². The molecule has 0 fully saturated rings. The molecular formula is C14H17NO2. The predicted octanol–water partition coefficient (Wildman–Crippen LogP) is 2.80. The summed E-state index contributed by atoms with van der Waals surface area (Å²) < 4.78 is 0. The minimum absolute atomic E-state index is 0.748. The lowest BCUT2D eigenvalue weighted by atomic mass is 10.1. The van der Waals surface area contributed by atoms with Gasteiger partial charge in [-0.2, -0.15) is 0 Å². The van der Waals surface area contributed by atoms with Crippen molar-refractivity contribution < 1.29 is 9.90 Å². The van der Waals surface area contributed by atoms with Gasteiger partial charge in [-0.1, -0.05) is 30.4 Å². The van der Waals surface area contributed by atoms with E-state index in [1.165, 1.54) is 0 Å². The van der Waals surface area contributed by atoms with Crippen molar-refractivity contribution in [3.63, 3.8) is 0 Å². The molecule has 0 saturated carbocycles. The first-order valence-corrected chi connectivity index (χ1v) is 5.36. The van der Waals surface area contributed by atoms with E-state index in [1.54, 1.807) is 6.08 Å². The van der Waals surface area contributed by atoms with Crippen molar-refractivity contribution in [3.8, 4) is 0 Å². The number of likely N-dealkylation sites (N-methyl/N-ethyl adjacent to an activating group) is 1. The Morgan fingerprint density at radius 3 is 2.71 bits per heavy atom. The second kappa shape index (κ2) is 5.89. The summed E-state index contributed by atoms with van der Waals surface area (Å²) in [6.45, 7) is 6.58. The summed E-state index contributed by atoms with van der Waals surface area (Å²) in [5.41, 5.74) is 2.94. The normalized spacial score (nSPS) is 10.5. The van der Waals surface area contributed by atoms with E-state index < -0.39 is 5.97 Å². The van der Waals surface area contributed by atoms with Gasteiger partial charge in [0.2, 0.25) is 0 Å². The summed E-state index contributed by atoms with van der Waals surface area (Å²) in [4.78, 5) is 12.6. The molecule has 90 valence electrons. The van der Waals surface area contributed by atoms with Gasteiger partial charge in [-0.3, -0.25) is 0 Å². The Hall–Kier alpha value is -2.03. The second-order valence-corrected chi connectivity index (χ2v) is 4.04. The summed E-state index contributed by atoms with van der Waals surface area (Å²) in [6, 6.07) is 7.68. The van der Waals surface area contributed by atoms with Crippen LogP contribution in [0.1, 0.15) is 12.5 Å². The summed E-state index contributed by atoms with van der Waals surface area (Å²) in [6.07, 6.45) is 2.75. The highest BCUT2D eigenvalue weighted by atomic mass is 16.4. The maximum absolute atomic E-state index is 10.5. The Morgan fingerprint density at radius 2 is 2.12 bits per heavy atom. The number of nitrogens with zero attached hydrogens (tertiary/aromatic N) is 1. The third-order valence-electron chi connectivity index (χ3n) is 2.26. The minimum atomic E-state index is -0.942. The van der Waals surface area contributed by atoms with Crippen molar-refractivity contribution in [3.05, 3.63) is 48.1 Å². The Labute approximate surface area is 102 Å². The van der Waals surface area contributed by atoms with Gasteiger partial charge in [-0.05, 0) is 24.6 Å². The fourth-order valence-corrected chi connectivity index (χ4v) is 1.63. The van der Waals surface area contributed by atoms with Gasteiger partial charge in [-0.25, -0.2) is 4.79 Å². The van der Waals surface area contributed by atoms with Crippen LogP contribution in [0.4, 0.5) is 5.69 Å². The summed E-state index contributed by atoms with van der Waals surface area (Å²) in [5, 5.41) is 8.64. The molecule has 0 radical (unpaired) electrons. The summed E-state index contributed by atoms with van der Waals surface area (Å²) in [5.74, 6) is -0.942. The number of para-hydroxylation sites is 1. The van der Waals surface area contributed by atoms with E-state index in [0.717, 1.165) is 29.4 Å². The molecule has 0 heterocycles. The number of anilines is 1.